The molecular weight excluding hydrogens is 476 g/mol. The first kappa shape index (κ1) is 30.9. The second-order valence-corrected chi connectivity index (χ2v) is 22.0. The summed E-state index contributed by atoms with van der Waals surface area (Å²) in [6.07, 6.45) is 19.7. The van der Waals surface area contributed by atoms with Crippen LogP contribution in [0.3, 0.4) is 0 Å². The minimum atomic E-state index is -1.78. The quantitative estimate of drug-likeness (QED) is 0.208. The third-order valence-electron chi connectivity index (χ3n) is 13.8. The molecule has 0 spiro atoms. The zero-order chi connectivity index (χ0) is 28.1. The van der Waals surface area contributed by atoms with Gasteiger partial charge in [0.25, 0.3) is 0 Å². The topological polar surface area (TPSA) is 9.23 Å². The summed E-state index contributed by atoms with van der Waals surface area (Å²) in [7, 11) is -1.78. The SMILES string of the molecule is C=CC[C@@H]1[C@H](O[Si](C)(C)C(C)(C)C)CC[C@@]2(C)[C@H]1CC[C@@H]1[C@@H]2CC[C@]2(C)[C@@H]([C@H](C)CCCC(C)C)CC[C@@H]12. The molecule has 2 heteroatoms. The molecule has 0 aliphatic heterocycles. The Morgan fingerprint density at radius 2 is 1.50 bits per heavy atom. The van der Waals surface area contributed by atoms with Crippen molar-refractivity contribution < 1.29 is 4.43 Å². The van der Waals surface area contributed by atoms with E-state index < -0.39 is 8.32 Å². The first-order chi connectivity index (χ1) is 17.7. The van der Waals surface area contributed by atoms with E-state index >= 15 is 0 Å². The lowest BCUT2D eigenvalue weighted by atomic mass is 9.43. The Hall–Kier alpha value is -0.0831. The van der Waals surface area contributed by atoms with Gasteiger partial charge in [0.15, 0.2) is 8.32 Å². The zero-order valence-electron chi connectivity index (χ0n) is 27.4. The van der Waals surface area contributed by atoms with Crippen molar-refractivity contribution in [1.29, 1.82) is 0 Å². The number of fused-ring (bicyclic) bond motifs is 5. The average molecular weight is 543 g/mol. The summed E-state index contributed by atoms with van der Waals surface area (Å²) in [6, 6.07) is 0. The molecule has 4 aliphatic rings. The second kappa shape index (κ2) is 11.3. The van der Waals surface area contributed by atoms with Gasteiger partial charge in [-0.05, 0) is 134 Å². The Bertz CT molecular complexity index is 809. The second-order valence-electron chi connectivity index (χ2n) is 17.2. The molecule has 0 amide bonds. The number of allylic oxidation sites excluding steroid dienone is 1. The molecule has 4 saturated carbocycles. The molecule has 4 aliphatic carbocycles. The van der Waals surface area contributed by atoms with Crippen molar-refractivity contribution in [3.05, 3.63) is 12.7 Å². The fourth-order valence-electron chi connectivity index (χ4n) is 10.7. The van der Waals surface area contributed by atoms with Gasteiger partial charge in [0, 0.05) is 6.10 Å². The highest BCUT2D eigenvalue weighted by Gasteiger charge is 2.62. The Morgan fingerprint density at radius 1 is 0.868 bits per heavy atom. The van der Waals surface area contributed by atoms with E-state index in [1.165, 1.54) is 70.6 Å². The molecule has 0 heterocycles. The van der Waals surface area contributed by atoms with E-state index in [4.69, 9.17) is 4.43 Å². The standard InChI is InChI=1S/C36H66OSi/c1-12-14-28-31-18-17-27-30-20-19-29(26(4)16-13-15-25(2)3)35(30,8)23-21-32(27)36(31,9)24-22-33(28)37-38(10,11)34(5,6)7/h12,25-33H,1,13-24H2,2-11H3/t26-,27+,28+,29-,30+,31+,32+,33-,35-,36+/m1/s1. The predicted molar refractivity (Wildman–Crippen MR) is 169 cm³/mol. The van der Waals surface area contributed by atoms with Gasteiger partial charge in [-0.2, -0.15) is 0 Å². The van der Waals surface area contributed by atoms with E-state index in [9.17, 15) is 0 Å². The maximum Gasteiger partial charge on any atom is 0.192 e. The molecule has 38 heavy (non-hydrogen) atoms. The van der Waals surface area contributed by atoms with Crippen LogP contribution < -0.4 is 0 Å². The molecule has 0 aromatic carbocycles. The Balaban J connectivity index is 1.50. The van der Waals surface area contributed by atoms with Gasteiger partial charge in [-0.1, -0.05) is 80.7 Å². The number of rotatable bonds is 9. The van der Waals surface area contributed by atoms with Crippen molar-refractivity contribution in [3.63, 3.8) is 0 Å². The van der Waals surface area contributed by atoms with Crippen LogP contribution in [-0.2, 0) is 4.43 Å². The van der Waals surface area contributed by atoms with Gasteiger partial charge >= 0.3 is 0 Å². The van der Waals surface area contributed by atoms with Crippen LogP contribution in [0.25, 0.3) is 0 Å². The van der Waals surface area contributed by atoms with Crippen LogP contribution >= 0.6 is 0 Å². The van der Waals surface area contributed by atoms with Gasteiger partial charge in [-0.25, -0.2) is 0 Å². The molecule has 0 radical (unpaired) electrons. The smallest absolute Gasteiger partial charge is 0.192 e. The monoisotopic (exact) mass is 542 g/mol. The first-order valence-corrected chi connectivity index (χ1v) is 19.8. The largest absolute Gasteiger partial charge is 0.414 e. The van der Waals surface area contributed by atoms with Crippen molar-refractivity contribution in [2.24, 2.45) is 58.2 Å². The van der Waals surface area contributed by atoms with Gasteiger partial charge in [-0.3, -0.25) is 0 Å². The van der Waals surface area contributed by atoms with Crippen molar-refractivity contribution in [1.82, 2.24) is 0 Å². The molecule has 0 N–H and O–H groups in total. The van der Waals surface area contributed by atoms with Crippen molar-refractivity contribution in [2.45, 2.75) is 157 Å². The summed E-state index contributed by atoms with van der Waals surface area (Å²) in [5.74, 6) is 7.12. The van der Waals surface area contributed by atoms with Crippen LogP contribution in [0, 0.1) is 58.2 Å². The minimum Gasteiger partial charge on any atom is -0.414 e. The Labute approximate surface area is 239 Å². The number of hydrogen-bond donors (Lipinski definition) is 0. The summed E-state index contributed by atoms with van der Waals surface area (Å²) < 4.78 is 7.20. The minimum absolute atomic E-state index is 0.281. The van der Waals surface area contributed by atoms with Gasteiger partial charge in [0.05, 0.1) is 0 Å². The first-order valence-electron chi connectivity index (χ1n) is 16.9. The molecule has 0 bridgehead atoms. The third kappa shape index (κ3) is 5.54. The van der Waals surface area contributed by atoms with Crippen molar-refractivity contribution in [3.8, 4) is 0 Å². The number of hydrogen-bond acceptors (Lipinski definition) is 1. The zero-order valence-corrected chi connectivity index (χ0v) is 28.4. The molecule has 0 saturated heterocycles. The lowest BCUT2D eigenvalue weighted by Gasteiger charge is -2.63. The van der Waals surface area contributed by atoms with Gasteiger partial charge in [0.2, 0.25) is 0 Å². The van der Waals surface area contributed by atoms with Crippen LogP contribution in [0.2, 0.25) is 18.1 Å². The van der Waals surface area contributed by atoms with Crippen LogP contribution in [0.1, 0.15) is 132 Å². The molecule has 0 unspecified atom stereocenters. The van der Waals surface area contributed by atoms with Crippen molar-refractivity contribution in [2.75, 3.05) is 0 Å². The highest BCUT2D eigenvalue weighted by Crippen LogP contribution is 2.69. The van der Waals surface area contributed by atoms with E-state index in [2.05, 4.69) is 81.1 Å². The molecule has 4 rings (SSSR count). The van der Waals surface area contributed by atoms with Crippen LogP contribution in [0.5, 0.6) is 0 Å². The molecule has 0 aromatic rings. The maximum absolute atomic E-state index is 7.20. The lowest BCUT2D eigenvalue weighted by Crippen LogP contribution is -2.58. The van der Waals surface area contributed by atoms with E-state index in [0.29, 0.717) is 22.9 Å². The molecule has 0 aromatic heterocycles. The third-order valence-corrected chi connectivity index (χ3v) is 18.3. The molecule has 4 fully saturated rings. The molecule has 1 nitrogen and oxygen atoms in total. The van der Waals surface area contributed by atoms with E-state index in [1.54, 1.807) is 0 Å². The van der Waals surface area contributed by atoms with E-state index in [-0.39, 0.29) is 5.04 Å². The summed E-state index contributed by atoms with van der Waals surface area (Å²) in [5, 5.41) is 0.281. The van der Waals surface area contributed by atoms with Gasteiger partial charge in [-0.15, -0.1) is 6.58 Å². The van der Waals surface area contributed by atoms with E-state index in [0.717, 1.165) is 47.8 Å². The summed E-state index contributed by atoms with van der Waals surface area (Å²) >= 11 is 0. The maximum atomic E-state index is 7.20. The normalized spacial score (nSPS) is 42.3. The molecule has 220 valence electrons. The van der Waals surface area contributed by atoms with Crippen LogP contribution in [0.4, 0.5) is 0 Å². The fraction of sp³-hybridized carbons (Fsp3) is 0.944. The average Bonchev–Trinajstić information content (AvgIpc) is 3.17. The van der Waals surface area contributed by atoms with Crippen LogP contribution in [0.15, 0.2) is 12.7 Å². The molecule has 10 atom stereocenters. The highest BCUT2D eigenvalue weighted by molar-refractivity contribution is 6.74. The molecular formula is C36H66OSi. The summed E-state index contributed by atoms with van der Waals surface area (Å²) in [6.45, 7) is 29.3. The van der Waals surface area contributed by atoms with Gasteiger partial charge < -0.3 is 4.43 Å². The lowest BCUT2D eigenvalue weighted by molar-refractivity contribution is -0.149. The highest BCUT2D eigenvalue weighted by atomic mass is 28.4. The van der Waals surface area contributed by atoms with Crippen molar-refractivity contribution >= 4 is 8.32 Å². The van der Waals surface area contributed by atoms with E-state index in [1.807, 2.05) is 0 Å². The van der Waals surface area contributed by atoms with Gasteiger partial charge in [0.1, 0.15) is 0 Å². The fourth-order valence-corrected chi connectivity index (χ4v) is 12.1. The predicted octanol–water partition coefficient (Wildman–Crippen LogP) is 11.3. The Kier molecular flexibility index (Phi) is 9.18. The Morgan fingerprint density at radius 3 is 2.13 bits per heavy atom. The summed E-state index contributed by atoms with van der Waals surface area (Å²) in [5.41, 5.74) is 1.11. The summed E-state index contributed by atoms with van der Waals surface area (Å²) in [4.78, 5) is 0. The van der Waals surface area contributed by atoms with Crippen LogP contribution in [-0.4, -0.2) is 14.4 Å².